The molecule has 1 amide bonds. The molecule has 0 unspecified atom stereocenters. The van der Waals surface area contributed by atoms with Crippen molar-refractivity contribution >= 4 is 15.9 Å². The Balaban J connectivity index is 0.000000804. The number of nitrogens with one attached hydrogen (secondary N) is 1. The number of hydrogen-bond acceptors (Lipinski definition) is 7. The molecule has 0 fully saturated rings. The summed E-state index contributed by atoms with van der Waals surface area (Å²) in [5.41, 5.74) is 4.20. The Morgan fingerprint density at radius 3 is 1.93 bits per heavy atom. The molecule has 0 saturated heterocycles. The number of amides is 1. The van der Waals surface area contributed by atoms with Crippen LogP contribution in [-0.4, -0.2) is 20.9 Å². The summed E-state index contributed by atoms with van der Waals surface area (Å²) in [6.07, 6.45) is 0.618. The summed E-state index contributed by atoms with van der Waals surface area (Å²) < 4.78 is 58.4. The van der Waals surface area contributed by atoms with Crippen molar-refractivity contribution in [1.82, 2.24) is 5.32 Å². The van der Waals surface area contributed by atoms with E-state index in [4.69, 9.17) is 23.8 Å². The van der Waals surface area contributed by atoms with Gasteiger partial charge in [0.25, 0.3) is 5.91 Å². The summed E-state index contributed by atoms with van der Waals surface area (Å²) >= 11 is 0. The van der Waals surface area contributed by atoms with E-state index in [1.165, 1.54) is 17.7 Å². The first-order valence-corrected chi connectivity index (χ1v) is 11.4. The van der Waals surface area contributed by atoms with Gasteiger partial charge in [-0.25, -0.2) is 32.2 Å². The maximum Gasteiger partial charge on any atom is 0.286 e. The summed E-state index contributed by atoms with van der Waals surface area (Å²) in [5, 5.41) is 7.96. The summed E-state index contributed by atoms with van der Waals surface area (Å²) in [4.78, 5) is 12.2. The molecule has 2 aromatic rings. The highest BCUT2D eigenvalue weighted by molar-refractivity contribution is 7.89. The molecule has 166 valence electrons. The fourth-order valence-electron chi connectivity index (χ4n) is 2.78. The zero-order valence-electron chi connectivity index (χ0n) is 16.8. The maximum absolute atomic E-state index is 12.1. The van der Waals surface area contributed by atoms with E-state index in [0.717, 1.165) is 17.0 Å². The Kier molecular flexibility index (Phi) is 9.31. The van der Waals surface area contributed by atoms with Crippen LogP contribution in [-0.2, 0) is 27.8 Å². The van der Waals surface area contributed by atoms with Crippen molar-refractivity contribution in [3.05, 3.63) is 58.9 Å². The number of carbonyl (C=O) groups is 1. The zero-order valence-corrected chi connectivity index (χ0v) is 18.3. The van der Waals surface area contributed by atoms with Gasteiger partial charge in [-0.2, -0.15) is 4.57 Å². The zero-order chi connectivity index (χ0) is 23.1. The maximum atomic E-state index is 12.1. The lowest BCUT2D eigenvalue weighted by Gasteiger charge is -2.17. The Morgan fingerprint density at radius 2 is 1.50 bits per heavy atom. The van der Waals surface area contributed by atoms with E-state index in [2.05, 4.69) is 5.32 Å². The van der Waals surface area contributed by atoms with E-state index in [1.807, 2.05) is 37.5 Å². The molecule has 12 heteroatoms. The molecule has 0 radical (unpaired) electrons. The minimum Gasteiger partial charge on any atom is -0.350 e. The standard InChI is InChI=1S/C18H23N3O3S.ClHO4/c1-13-10-14(2)21(15(3)11-13)12-18(22)20-9-8-16-4-6-17(7-5-16)25(19,23)24;2-1(3,4)5/h4-7,10-11H,8-9,12H2,1-3H3,(H2-,19,20,22,23,24);(H,2,3,4,5). The van der Waals surface area contributed by atoms with E-state index in [1.54, 1.807) is 12.1 Å². The summed E-state index contributed by atoms with van der Waals surface area (Å²) in [5.74, 6) is -0.0544. The van der Waals surface area contributed by atoms with Crippen LogP contribution in [0, 0.1) is 31.0 Å². The molecule has 3 N–H and O–H groups in total. The third kappa shape index (κ3) is 10.1. The summed E-state index contributed by atoms with van der Waals surface area (Å²) in [7, 11) is -8.62. The first kappa shape index (κ1) is 25.9. The van der Waals surface area contributed by atoms with Crippen molar-refractivity contribution in [3.63, 3.8) is 0 Å². The Morgan fingerprint density at radius 1 is 1.03 bits per heavy atom. The second-order valence-electron chi connectivity index (χ2n) is 6.57. The van der Waals surface area contributed by atoms with E-state index in [9.17, 15) is 13.2 Å². The van der Waals surface area contributed by atoms with Crippen molar-refractivity contribution in [2.75, 3.05) is 6.54 Å². The predicted octanol–water partition coefficient (Wildman–Crippen LogP) is -3.85. The monoisotopic (exact) mass is 461 g/mol. The van der Waals surface area contributed by atoms with Gasteiger partial charge in [0.05, 0.1) is 4.90 Å². The van der Waals surface area contributed by atoms with Crippen molar-refractivity contribution in [3.8, 4) is 0 Å². The van der Waals surface area contributed by atoms with Crippen LogP contribution in [0.4, 0.5) is 0 Å². The number of nitrogens with two attached hydrogens (primary N) is 1. The number of primary sulfonamides is 1. The molecule has 0 aliphatic rings. The normalized spacial score (nSPS) is 11.5. The van der Waals surface area contributed by atoms with Crippen molar-refractivity contribution in [2.24, 2.45) is 5.14 Å². The van der Waals surface area contributed by atoms with E-state index >= 15 is 0 Å². The first-order chi connectivity index (χ1) is 13.7. The number of aromatic nitrogens is 1. The van der Waals surface area contributed by atoms with Gasteiger partial charge in [-0.3, -0.25) is 4.79 Å². The van der Waals surface area contributed by atoms with Crippen LogP contribution in [0.1, 0.15) is 22.5 Å². The number of benzene rings is 1. The van der Waals surface area contributed by atoms with Crippen molar-refractivity contribution < 1.29 is 46.7 Å². The highest BCUT2D eigenvalue weighted by Gasteiger charge is 2.16. The summed E-state index contributed by atoms with van der Waals surface area (Å²) in [6, 6.07) is 10.5. The van der Waals surface area contributed by atoms with Crippen molar-refractivity contribution in [1.29, 1.82) is 0 Å². The fourth-order valence-corrected chi connectivity index (χ4v) is 3.29. The number of nitrogens with zero attached hydrogens (tertiary/aromatic N) is 1. The Labute approximate surface area is 177 Å². The molecule has 0 bridgehead atoms. The number of hydrogen-bond donors (Lipinski definition) is 2. The largest absolute Gasteiger partial charge is 0.350 e. The van der Waals surface area contributed by atoms with Gasteiger partial charge >= 0.3 is 0 Å². The molecular formula is C18H24ClN3O7S. The average Bonchev–Trinajstić information content (AvgIpc) is 2.56. The molecule has 1 heterocycles. The van der Waals surface area contributed by atoms with Crippen molar-refractivity contribution in [2.45, 2.75) is 38.6 Å². The molecule has 1 aromatic carbocycles. The molecule has 0 spiro atoms. The number of pyridine rings is 1. The minimum atomic E-state index is -4.94. The minimum absolute atomic E-state index is 0.0544. The SMILES string of the molecule is Cc1cc(C)[n+](CC(=O)NCCc2ccc(S(N)(=O)=O)cc2)c(C)c1.[O-][Cl+3]([O-])([O-])[O-]. The van der Waals surface area contributed by atoms with Gasteiger partial charge in [-0.15, -0.1) is 10.2 Å². The molecule has 0 atom stereocenters. The van der Waals surface area contributed by atoms with Crippen LogP contribution >= 0.6 is 0 Å². The highest BCUT2D eigenvalue weighted by Crippen LogP contribution is 2.09. The third-order valence-electron chi connectivity index (χ3n) is 4.01. The predicted molar refractivity (Wildman–Crippen MR) is 95.4 cm³/mol. The lowest BCUT2D eigenvalue weighted by Crippen LogP contribution is -2.68. The topological polar surface area (TPSA) is 185 Å². The highest BCUT2D eigenvalue weighted by atomic mass is 35.7. The number of halogens is 1. The van der Waals surface area contributed by atoms with Gasteiger partial charge in [-0.1, -0.05) is 12.1 Å². The first-order valence-electron chi connectivity index (χ1n) is 8.64. The van der Waals surface area contributed by atoms with Gasteiger partial charge in [0.1, 0.15) is 0 Å². The molecule has 30 heavy (non-hydrogen) atoms. The second-order valence-corrected chi connectivity index (χ2v) is 8.89. The molecular weight excluding hydrogens is 438 g/mol. The lowest BCUT2D eigenvalue weighted by molar-refractivity contribution is -2.00. The van der Waals surface area contributed by atoms with E-state index in [0.29, 0.717) is 13.0 Å². The van der Waals surface area contributed by atoms with Gasteiger partial charge in [0.2, 0.25) is 16.6 Å². The van der Waals surface area contributed by atoms with Crippen LogP contribution < -0.4 is 33.7 Å². The number of sulfonamides is 1. The van der Waals surface area contributed by atoms with Gasteiger partial charge < -0.3 is 5.32 Å². The fraction of sp³-hybridized carbons (Fsp3) is 0.333. The molecule has 0 saturated carbocycles. The van der Waals surface area contributed by atoms with Gasteiger partial charge in [-0.05, 0) is 36.6 Å². The lowest BCUT2D eigenvalue weighted by atomic mass is 10.1. The molecule has 0 aliphatic heterocycles. The van der Waals surface area contributed by atoms with Crippen LogP contribution in [0.2, 0.25) is 0 Å². The number of aryl methyl sites for hydroxylation is 3. The van der Waals surface area contributed by atoms with E-state index < -0.39 is 20.3 Å². The molecule has 10 nitrogen and oxygen atoms in total. The van der Waals surface area contributed by atoms with Crippen LogP contribution in [0.15, 0.2) is 41.3 Å². The van der Waals surface area contributed by atoms with Gasteiger partial charge in [0.15, 0.2) is 11.4 Å². The van der Waals surface area contributed by atoms with Crippen LogP contribution in [0.25, 0.3) is 0 Å². The third-order valence-corrected chi connectivity index (χ3v) is 4.94. The average molecular weight is 462 g/mol. The smallest absolute Gasteiger partial charge is 0.286 e. The van der Waals surface area contributed by atoms with Gasteiger partial charge in [0, 0.05) is 32.5 Å². The Bertz CT molecular complexity index is 945. The summed E-state index contributed by atoms with van der Waals surface area (Å²) in [6.45, 7) is 6.77. The quantitative estimate of drug-likeness (QED) is 0.412. The Hall–Kier alpha value is -2.12. The number of carbonyl (C=O) groups excluding carboxylic acids is 1. The molecule has 2 rings (SSSR count). The van der Waals surface area contributed by atoms with Crippen LogP contribution in [0.5, 0.6) is 0 Å². The second kappa shape index (κ2) is 10.8. The molecule has 1 aromatic heterocycles. The molecule has 0 aliphatic carbocycles. The van der Waals surface area contributed by atoms with Crippen LogP contribution in [0.3, 0.4) is 0 Å². The number of rotatable bonds is 6. The van der Waals surface area contributed by atoms with E-state index in [-0.39, 0.29) is 17.3 Å².